The molecule has 15 heavy (non-hydrogen) atoms. The van der Waals surface area contributed by atoms with Gasteiger partial charge in [-0.2, -0.15) is 0 Å². The van der Waals surface area contributed by atoms with Crippen molar-refractivity contribution >= 4 is 35.3 Å². The molecule has 2 aromatic rings. The average molecular weight is 246 g/mol. The summed E-state index contributed by atoms with van der Waals surface area (Å²) in [5.41, 5.74) is 1.85. The molecule has 0 fully saturated rings. The van der Waals surface area contributed by atoms with Crippen molar-refractivity contribution in [1.82, 2.24) is 19.1 Å². The summed E-state index contributed by atoms with van der Waals surface area (Å²) >= 11 is 1.52. The van der Waals surface area contributed by atoms with Gasteiger partial charge in [0.2, 0.25) is 0 Å². The number of rotatable bonds is 1. The molecule has 82 valence electrons. The van der Waals surface area contributed by atoms with E-state index in [1.54, 1.807) is 6.33 Å². The number of aromatic nitrogens is 4. The van der Waals surface area contributed by atoms with Crippen molar-refractivity contribution in [1.29, 1.82) is 5.41 Å². The molecule has 2 aromatic heterocycles. The number of imidazole rings is 1. The van der Waals surface area contributed by atoms with E-state index in [0.717, 1.165) is 16.3 Å². The summed E-state index contributed by atoms with van der Waals surface area (Å²) in [6, 6.07) is 0. The van der Waals surface area contributed by atoms with Gasteiger partial charge in [-0.05, 0) is 6.26 Å². The molecular weight excluding hydrogens is 234 g/mol. The highest BCUT2D eigenvalue weighted by Crippen LogP contribution is 2.13. The average Bonchev–Trinajstić information content (AvgIpc) is 2.54. The number of nitrogens with zero attached hydrogens (tertiary/aromatic N) is 4. The molecule has 0 spiro atoms. The fourth-order valence-electron chi connectivity index (χ4n) is 1.43. The van der Waals surface area contributed by atoms with Gasteiger partial charge in [0.25, 0.3) is 0 Å². The Morgan fingerprint density at radius 1 is 1.40 bits per heavy atom. The summed E-state index contributed by atoms with van der Waals surface area (Å²) in [5, 5.41) is 8.57. The third-order valence-corrected chi connectivity index (χ3v) is 2.87. The zero-order valence-electron chi connectivity index (χ0n) is 8.68. The van der Waals surface area contributed by atoms with Crippen LogP contribution in [0.5, 0.6) is 0 Å². The van der Waals surface area contributed by atoms with Crippen molar-refractivity contribution in [2.45, 2.75) is 5.16 Å². The van der Waals surface area contributed by atoms with Gasteiger partial charge in [0, 0.05) is 14.1 Å². The number of aryl methyl sites for hydroxylation is 2. The van der Waals surface area contributed by atoms with Crippen LogP contribution in [0.25, 0.3) is 11.2 Å². The van der Waals surface area contributed by atoms with Crippen molar-refractivity contribution in [3.8, 4) is 0 Å². The van der Waals surface area contributed by atoms with Crippen molar-refractivity contribution in [3.63, 3.8) is 0 Å². The lowest BCUT2D eigenvalue weighted by Crippen LogP contribution is -2.15. The van der Waals surface area contributed by atoms with E-state index < -0.39 is 0 Å². The topological polar surface area (TPSA) is 59.5 Å². The second-order valence-corrected chi connectivity index (χ2v) is 3.81. The molecule has 2 heterocycles. The highest BCUT2D eigenvalue weighted by molar-refractivity contribution is 7.98. The first-order chi connectivity index (χ1) is 6.65. The molecule has 0 atom stereocenters. The van der Waals surface area contributed by atoms with Crippen LogP contribution in [0.3, 0.4) is 0 Å². The smallest absolute Gasteiger partial charge is 0.175 e. The van der Waals surface area contributed by atoms with Crippen molar-refractivity contribution in [2.75, 3.05) is 6.26 Å². The summed E-state index contributed by atoms with van der Waals surface area (Å²) in [7, 11) is 3.78. The highest BCUT2D eigenvalue weighted by atomic mass is 35.5. The fraction of sp³-hybridized carbons (Fsp3) is 0.375. The van der Waals surface area contributed by atoms with Crippen LogP contribution in [0.2, 0.25) is 0 Å². The number of nitrogens with one attached hydrogen (secondary N) is 1. The van der Waals surface area contributed by atoms with Crippen molar-refractivity contribution in [2.24, 2.45) is 14.1 Å². The monoisotopic (exact) mass is 245 g/mol. The molecule has 0 aliphatic rings. The number of hydrogen-bond donors (Lipinski definition) is 1. The summed E-state index contributed by atoms with van der Waals surface area (Å²) in [5.74, 6) is 0. The summed E-state index contributed by atoms with van der Waals surface area (Å²) in [6.45, 7) is 0. The van der Waals surface area contributed by atoms with Gasteiger partial charge >= 0.3 is 0 Å². The molecule has 0 amide bonds. The number of thioether (sulfide) groups is 1. The molecular formula is C8H12ClN5S. The molecule has 7 heteroatoms. The Labute approximate surface area is 97.5 Å². The van der Waals surface area contributed by atoms with Crippen LogP contribution in [0.1, 0.15) is 0 Å². The van der Waals surface area contributed by atoms with E-state index in [1.165, 1.54) is 11.8 Å². The summed E-state index contributed by atoms with van der Waals surface area (Å²) in [4.78, 5) is 8.42. The van der Waals surface area contributed by atoms with Gasteiger partial charge < -0.3 is 9.13 Å². The quantitative estimate of drug-likeness (QED) is 0.601. The molecule has 0 unspecified atom stereocenters. The predicted molar refractivity (Wildman–Crippen MR) is 62.4 cm³/mol. The molecule has 0 aromatic carbocycles. The standard InChI is InChI=1S/C8H11N5S.ClH/c1-12-4-10-7-5(12)6(9)11-8(14-3)13(7)2;/h4,9H,1-3H3;1H. The lowest BCUT2D eigenvalue weighted by molar-refractivity contribution is 0.746. The minimum absolute atomic E-state index is 0. The first kappa shape index (κ1) is 12.1. The number of hydrogen-bond acceptors (Lipinski definition) is 4. The Morgan fingerprint density at radius 2 is 2.07 bits per heavy atom. The summed E-state index contributed by atoms with van der Waals surface area (Å²) in [6.07, 6.45) is 3.64. The Morgan fingerprint density at radius 3 is 2.67 bits per heavy atom. The third kappa shape index (κ3) is 1.74. The highest BCUT2D eigenvalue weighted by Gasteiger charge is 2.08. The van der Waals surface area contributed by atoms with E-state index in [0.29, 0.717) is 0 Å². The minimum atomic E-state index is 0. The van der Waals surface area contributed by atoms with Crippen LogP contribution in [0.4, 0.5) is 0 Å². The predicted octanol–water partition coefficient (Wildman–Crippen LogP) is 0.930. The number of halogens is 1. The van der Waals surface area contributed by atoms with E-state index in [4.69, 9.17) is 5.41 Å². The van der Waals surface area contributed by atoms with Crippen LogP contribution in [0, 0.1) is 5.41 Å². The van der Waals surface area contributed by atoms with Crippen LogP contribution < -0.4 is 5.49 Å². The normalized spacial score (nSPS) is 10.3. The molecule has 1 N–H and O–H groups in total. The van der Waals surface area contributed by atoms with Crippen molar-refractivity contribution < 1.29 is 0 Å². The Balaban J connectivity index is 0.00000112. The molecule has 0 radical (unpaired) electrons. The zero-order valence-corrected chi connectivity index (χ0v) is 10.3. The Bertz CT molecular complexity index is 544. The third-order valence-electron chi connectivity index (χ3n) is 2.14. The maximum absolute atomic E-state index is 7.76. The van der Waals surface area contributed by atoms with Crippen LogP contribution >= 0.6 is 24.2 Å². The van der Waals surface area contributed by atoms with Gasteiger partial charge in [-0.25, -0.2) is 9.97 Å². The maximum Gasteiger partial charge on any atom is 0.175 e. The van der Waals surface area contributed by atoms with E-state index in [9.17, 15) is 0 Å². The molecule has 0 saturated heterocycles. The lowest BCUT2D eigenvalue weighted by Gasteiger charge is -2.05. The maximum atomic E-state index is 7.76. The Hall–Kier alpha value is -1.01. The largest absolute Gasteiger partial charge is 0.329 e. The van der Waals surface area contributed by atoms with Gasteiger partial charge in [0.15, 0.2) is 16.3 Å². The second kappa shape index (κ2) is 4.24. The van der Waals surface area contributed by atoms with Crippen LogP contribution in [0.15, 0.2) is 11.5 Å². The van der Waals surface area contributed by atoms with Gasteiger partial charge in [0.05, 0.1) is 6.33 Å². The molecule has 0 aliphatic carbocycles. The molecule has 0 aliphatic heterocycles. The van der Waals surface area contributed by atoms with Gasteiger partial charge in [-0.3, -0.25) is 5.41 Å². The lowest BCUT2D eigenvalue weighted by atomic mass is 10.5. The molecule has 5 nitrogen and oxygen atoms in total. The second-order valence-electron chi connectivity index (χ2n) is 3.03. The SMILES string of the molecule is CSc1nc(=N)c2c(ncn2C)n1C.Cl. The van der Waals surface area contributed by atoms with E-state index in [2.05, 4.69) is 9.97 Å². The van der Waals surface area contributed by atoms with Crippen molar-refractivity contribution in [3.05, 3.63) is 11.8 Å². The van der Waals surface area contributed by atoms with Gasteiger partial charge in [-0.15, -0.1) is 12.4 Å². The van der Waals surface area contributed by atoms with E-state index in [1.807, 2.05) is 29.5 Å². The summed E-state index contributed by atoms with van der Waals surface area (Å²) < 4.78 is 3.72. The van der Waals surface area contributed by atoms with Crippen LogP contribution in [-0.4, -0.2) is 25.4 Å². The van der Waals surface area contributed by atoms with E-state index >= 15 is 0 Å². The minimum Gasteiger partial charge on any atom is -0.329 e. The Kier molecular flexibility index (Phi) is 3.41. The fourth-order valence-corrected chi connectivity index (χ4v) is 1.98. The first-order valence-electron chi connectivity index (χ1n) is 4.11. The molecule has 0 saturated carbocycles. The number of fused-ring (bicyclic) bond motifs is 1. The van der Waals surface area contributed by atoms with Crippen LogP contribution in [-0.2, 0) is 14.1 Å². The van der Waals surface area contributed by atoms with Gasteiger partial charge in [0.1, 0.15) is 5.52 Å². The molecule has 0 bridgehead atoms. The van der Waals surface area contributed by atoms with Gasteiger partial charge in [-0.1, -0.05) is 11.8 Å². The zero-order chi connectivity index (χ0) is 10.3. The molecule has 2 rings (SSSR count). The first-order valence-corrected chi connectivity index (χ1v) is 5.34. The van der Waals surface area contributed by atoms with E-state index in [-0.39, 0.29) is 17.9 Å².